The van der Waals surface area contributed by atoms with Crippen molar-refractivity contribution < 1.29 is 9.47 Å². The van der Waals surface area contributed by atoms with Crippen molar-refractivity contribution in [3.63, 3.8) is 0 Å². The van der Waals surface area contributed by atoms with Crippen LogP contribution >= 0.6 is 0 Å². The van der Waals surface area contributed by atoms with Crippen LogP contribution in [0.1, 0.15) is 37.7 Å². The summed E-state index contributed by atoms with van der Waals surface area (Å²) in [5.74, 6) is 1.65. The van der Waals surface area contributed by atoms with E-state index in [1.165, 1.54) is 5.56 Å². The summed E-state index contributed by atoms with van der Waals surface area (Å²) in [5, 5.41) is 3.42. The number of rotatable bonds is 6. The zero-order valence-corrected chi connectivity index (χ0v) is 12.2. The lowest BCUT2D eigenvalue weighted by Crippen LogP contribution is -2.32. The van der Waals surface area contributed by atoms with Crippen LogP contribution in [0.4, 0.5) is 0 Å². The Hall–Kier alpha value is -1.06. The van der Waals surface area contributed by atoms with E-state index < -0.39 is 0 Å². The number of methoxy groups -OCH3 is 1. The Morgan fingerprint density at radius 1 is 1.42 bits per heavy atom. The molecule has 1 aromatic carbocycles. The van der Waals surface area contributed by atoms with E-state index in [2.05, 4.69) is 30.4 Å². The Labute approximate surface area is 116 Å². The predicted molar refractivity (Wildman–Crippen MR) is 77.8 cm³/mol. The third-order valence-corrected chi connectivity index (χ3v) is 4.08. The van der Waals surface area contributed by atoms with E-state index >= 15 is 0 Å². The predicted octanol–water partition coefficient (Wildman–Crippen LogP) is 2.96. The Morgan fingerprint density at radius 3 is 2.95 bits per heavy atom. The molecule has 1 heterocycles. The van der Waals surface area contributed by atoms with E-state index in [1.807, 2.05) is 13.1 Å². The standard InChI is InChI=1S/C16H25NO2/c1-12(18-3)10-14(17-2)11-13-8-9-19-16-7-5-4-6-15(13)16/h4-7,12-14,17H,8-11H2,1-3H3. The summed E-state index contributed by atoms with van der Waals surface area (Å²) in [4.78, 5) is 0. The van der Waals surface area contributed by atoms with Crippen LogP contribution in [0.15, 0.2) is 24.3 Å². The smallest absolute Gasteiger partial charge is 0.122 e. The van der Waals surface area contributed by atoms with Gasteiger partial charge >= 0.3 is 0 Å². The first-order valence-electron chi connectivity index (χ1n) is 7.16. The zero-order chi connectivity index (χ0) is 13.7. The lowest BCUT2D eigenvalue weighted by atomic mass is 9.86. The first-order valence-corrected chi connectivity index (χ1v) is 7.16. The average Bonchev–Trinajstić information content (AvgIpc) is 2.46. The highest BCUT2D eigenvalue weighted by atomic mass is 16.5. The molecule has 0 fully saturated rings. The molecule has 0 bridgehead atoms. The van der Waals surface area contributed by atoms with Gasteiger partial charge in [0.05, 0.1) is 12.7 Å². The van der Waals surface area contributed by atoms with Gasteiger partial charge in [-0.05, 0) is 50.8 Å². The highest BCUT2D eigenvalue weighted by Gasteiger charge is 2.24. The summed E-state index contributed by atoms with van der Waals surface area (Å²) < 4.78 is 11.1. The molecule has 0 saturated heterocycles. The molecule has 1 aliphatic heterocycles. The van der Waals surface area contributed by atoms with Gasteiger partial charge in [-0.2, -0.15) is 0 Å². The summed E-state index contributed by atoms with van der Waals surface area (Å²) in [6.45, 7) is 2.96. The summed E-state index contributed by atoms with van der Waals surface area (Å²) >= 11 is 0. The molecular formula is C16H25NO2. The van der Waals surface area contributed by atoms with Crippen LogP contribution < -0.4 is 10.1 Å². The molecule has 0 aromatic heterocycles. The van der Waals surface area contributed by atoms with Gasteiger partial charge in [0, 0.05) is 13.2 Å². The zero-order valence-electron chi connectivity index (χ0n) is 12.2. The quantitative estimate of drug-likeness (QED) is 0.856. The van der Waals surface area contributed by atoms with Crippen LogP contribution in [0.2, 0.25) is 0 Å². The first kappa shape index (κ1) is 14.4. The number of hydrogen-bond acceptors (Lipinski definition) is 3. The third-order valence-electron chi connectivity index (χ3n) is 4.08. The molecule has 3 atom stereocenters. The molecule has 3 unspecified atom stereocenters. The maximum absolute atomic E-state index is 5.73. The van der Waals surface area contributed by atoms with Gasteiger partial charge in [-0.1, -0.05) is 18.2 Å². The molecule has 1 N–H and O–H groups in total. The van der Waals surface area contributed by atoms with Crippen molar-refractivity contribution in [2.45, 2.75) is 44.2 Å². The Balaban J connectivity index is 2.02. The van der Waals surface area contributed by atoms with Crippen molar-refractivity contribution in [3.8, 4) is 5.75 Å². The number of para-hydroxylation sites is 1. The number of fused-ring (bicyclic) bond motifs is 1. The molecule has 0 spiro atoms. The van der Waals surface area contributed by atoms with Gasteiger partial charge in [0.1, 0.15) is 5.75 Å². The van der Waals surface area contributed by atoms with Gasteiger partial charge in [-0.3, -0.25) is 0 Å². The minimum absolute atomic E-state index is 0.299. The minimum Gasteiger partial charge on any atom is -0.493 e. The number of hydrogen-bond donors (Lipinski definition) is 1. The number of nitrogens with one attached hydrogen (secondary N) is 1. The molecule has 19 heavy (non-hydrogen) atoms. The molecule has 0 radical (unpaired) electrons. The maximum atomic E-state index is 5.73. The van der Waals surface area contributed by atoms with Crippen molar-refractivity contribution in [2.75, 3.05) is 20.8 Å². The van der Waals surface area contributed by atoms with Gasteiger partial charge < -0.3 is 14.8 Å². The molecule has 1 aliphatic rings. The Kier molecular flexibility index (Phi) is 5.23. The van der Waals surface area contributed by atoms with Crippen molar-refractivity contribution in [1.82, 2.24) is 5.32 Å². The van der Waals surface area contributed by atoms with Crippen molar-refractivity contribution in [1.29, 1.82) is 0 Å². The van der Waals surface area contributed by atoms with E-state index in [-0.39, 0.29) is 0 Å². The summed E-state index contributed by atoms with van der Waals surface area (Å²) in [6, 6.07) is 8.92. The van der Waals surface area contributed by atoms with Gasteiger partial charge in [0.2, 0.25) is 0 Å². The second-order valence-corrected chi connectivity index (χ2v) is 5.38. The van der Waals surface area contributed by atoms with Gasteiger partial charge in [-0.15, -0.1) is 0 Å². The second kappa shape index (κ2) is 6.92. The van der Waals surface area contributed by atoms with Crippen molar-refractivity contribution in [3.05, 3.63) is 29.8 Å². The van der Waals surface area contributed by atoms with E-state index in [9.17, 15) is 0 Å². The van der Waals surface area contributed by atoms with Crippen LogP contribution in [0.3, 0.4) is 0 Å². The van der Waals surface area contributed by atoms with Crippen LogP contribution in [0, 0.1) is 0 Å². The SMILES string of the molecule is CNC(CC(C)OC)CC1CCOc2ccccc21. The highest BCUT2D eigenvalue weighted by Crippen LogP contribution is 2.36. The summed E-state index contributed by atoms with van der Waals surface area (Å²) in [7, 11) is 3.82. The fourth-order valence-corrected chi connectivity index (χ4v) is 2.83. The topological polar surface area (TPSA) is 30.5 Å². The minimum atomic E-state index is 0.299. The Bertz CT molecular complexity index is 394. The molecule has 3 heteroatoms. The number of ether oxygens (including phenoxy) is 2. The fraction of sp³-hybridized carbons (Fsp3) is 0.625. The normalized spacial score (nSPS) is 21.3. The molecule has 3 nitrogen and oxygen atoms in total. The van der Waals surface area contributed by atoms with Gasteiger partial charge in [0.25, 0.3) is 0 Å². The van der Waals surface area contributed by atoms with E-state index in [0.717, 1.165) is 31.6 Å². The van der Waals surface area contributed by atoms with Crippen molar-refractivity contribution in [2.24, 2.45) is 0 Å². The van der Waals surface area contributed by atoms with Gasteiger partial charge in [-0.25, -0.2) is 0 Å². The lowest BCUT2D eigenvalue weighted by Gasteiger charge is -2.29. The monoisotopic (exact) mass is 263 g/mol. The van der Waals surface area contributed by atoms with Crippen molar-refractivity contribution >= 4 is 0 Å². The van der Waals surface area contributed by atoms with E-state index in [4.69, 9.17) is 9.47 Å². The molecular weight excluding hydrogens is 238 g/mol. The Morgan fingerprint density at radius 2 is 2.21 bits per heavy atom. The maximum Gasteiger partial charge on any atom is 0.122 e. The molecule has 2 rings (SSSR count). The molecule has 0 amide bonds. The lowest BCUT2D eigenvalue weighted by molar-refractivity contribution is 0.0984. The van der Waals surface area contributed by atoms with Gasteiger partial charge in [0.15, 0.2) is 0 Å². The van der Waals surface area contributed by atoms with Crippen LogP contribution in [0.5, 0.6) is 5.75 Å². The van der Waals surface area contributed by atoms with Crippen LogP contribution in [-0.4, -0.2) is 32.9 Å². The molecule has 1 aromatic rings. The fourth-order valence-electron chi connectivity index (χ4n) is 2.83. The molecule has 106 valence electrons. The second-order valence-electron chi connectivity index (χ2n) is 5.38. The average molecular weight is 263 g/mol. The van der Waals surface area contributed by atoms with Crippen LogP contribution in [-0.2, 0) is 4.74 Å². The molecule has 0 saturated carbocycles. The third kappa shape index (κ3) is 3.71. The number of benzene rings is 1. The highest BCUT2D eigenvalue weighted by molar-refractivity contribution is 5.37. The van der Waals surface area contributed by atoms with Crippen LogP contribution in [0.25, 0.3) is 0 Å². The summed E-state index contributed by atoms with van der Waals surface area (Å²) in [6.07, 6.45) is 3.60. The largest absolute Gasteiger partial charge is 0.493 e. The first-order chi connectivity index (χ1) is 9.24. The van der Waals surface area contributed by atoms with E-state index in [1.54, 1.807) is 7.11 Å². The molecule has 0 aliphatic carbocycles. The van der Waals surface area contributed by atoms with E-state index in [0.29, 0.717) is 18.1 Å². The summed E-state index contributed by atoms with van der Waals surface area (Å²) in [5.41, 5.74) is 1.36.